The van der Waals surface area contributed by atoms with Crippen molar-refractivity contribution in [1.29, 1.82) is 0 Å². The Labute approximate surface area is 121 Å². The Morgan fingerprint density at radius 1 is 1.20 bits per heavy atom. The lowest BCUT2D eigenvalue weighted by Crippen LogP contribution is -2.02. The molecule has 104 valence electrons. The second-order valence-corrected chi connectivity index (χ2v) is 4.87. The van der Waals surface area contributed by atoms with Crippen molar-refractivity contribution in [3.05, 3.63) is 68.2 Å². The fraction of sp³-hybridized carbons (Fsp3) is 0.0769. The van der Waals surface area contributed by atoms with E-state index in [0.29, 0.717) is 10.2 Å². The summed E-state index contributed by atoms with van der Waals surface area (Å²) in [4.78, 5) is 10.1. The first-order valence-corrected chi connectivity index (χ1v) is 6.38. The molecule has 0 saturated heterocycles. The van der Waals surface area contributed by atoms with Crippen molar-refractivity contribution in [1.82, 2.24) is 0 Å². The predicted molar refractivity (Wildman–Crippen MR) is 74.5 cm³/mol. The van der Waals surface area contributed by atoms with Gasteiger partial charge in [-0.15, -0.1) is 0 Å². The second kappa shape index (κ2) is 5.96. The van der Waals surface area contributed by atoms with Crippen LogP contribution >= 0.6 is 15.9 Å². The Kier molecular flexibility index (Phi) is 4.29. The Morgan fingerprint density at radius 3 is 2.60 bits per heavy atom. The third kappa shape index (κ3) is 3.30. The number of benzene rings is 2. The summed E-state index contributed by atoms with van der Waals surface area (Å²) < 4.78 is 26.7. The van der Waals surface area contributed by atoms with Gasteiger partial charge in [-0.05, 0) is 46.3 Å². The van der Waals surface area contributed by atoms with Crippen LogP contribution in [0.15, 0.2) is 40.9 Å². The minimum Gasteiger partial charge on any atom is -0.381 e. The second-order valence-electron chi connectivity index (χ2n) is 4.01. The molecule has 0 bridgehead atoms. The number of nitrogens with one attached hydrogen (secondary N) is 1. The summed E-state index contributed by atoms with van der Waals surface area (Å²) in [5, 5.41) is 13.5. The van der Waals surface area contributed by atoms with Gasteiger partial charge in [0.1, 0.15) is 11.6 Å². The first-order valence-electron chi connectivity index (χ1n) is 5.59. The van der Waals surface area contributed by atoms with Crippen LogP contribution in [0.3, 0.4) is 0 Å². The van der Waals surface area contributed by atoms with Gasteiger partial charge in [0.15, 0.2) is 0 Å². The van der Waals surface area contributed by atoms with E-state index in [9.17, 15) is 18.9 Å². The fourth-order valence-corrected chi connectivity index (χ4v) is 2.16. The van der Waals surface area contributed by atoms with Crippen LogP contribution in [0.25, 0.3) is 0 Å². The van der Waals surface area contributed by atoms with Gasteiger partial charge in [0, 0.05) is 23.9 Å². The fourth-order valence-electron chi connectivity index (χ4n) is 1.64. The standard InChI is InChI=1S/C13H9BrF2N2O2/c14-11-6-10(2-4-13(11)18(19)20)17-7-8-5-9(15)1-3-12(8)16/h1-6,17H,7H2. The van der Waals surface area contributed by atoms with Crippen LogP contribution in [0.5, 0.6) is 0 Å². The lowest BCUT2D eigenvalue weighted by atomic mass is 10.2. The number of nitro groups is 1. The van der Waals surface area contributed by atoms with E-state index < -0.39 is 16.6 Å². The number of halogens is 3. The van der Waals surface area contributed by atoms with Crippen molar-refractivity contribution >= 4 is 27.3 Å². The highest BCUT2D eigenvalue weighted by molar-refractivity contribution is 9.10. The van der Waals surface area contributed by atoms with Crippen molar-refractivity contribution in [2.45, 2.75) is 6.54 Å². The molecule has 0 spiro atoms. The van der Waals surface area contributed by atoms with Gasteiger partial charge >= 0.3 is 0 Å². The highest BCUT2D eigenvalue weighted by Crippen LogP contribution is 2.28. The molecule has 0 aliphatic carbocycles. The van der Waals surface area contributed by atoms with Crippen molar-refractivity contribution < 1.29 is 13.7 Å². The summed E-state index contributed by atoms with van der Waals surface area (Å²) in [6.45, 7) is 0.0772. The zero-order valence-corrected chi connectivity index (χ0v) is 11.7. The summed E-state index contributed by atoms with van der Waals surface area (Å²) in [5.74, 6) is -1.03. The Balaban J connectivity index is 2.13. The van der Waals surface area contributed by atoms with Crippen LogP contribution in [-0.4, -0.2) is 4.92 Å². The maximum absolute atomic E-state index is 13.4. The molecule has 1 N–H and O–H groups in total. The zero-order valence-electron chi connectivity index (χ0n) is 10.1. The van der Waals surface area contributed by atoms with Crippen LogP contribution in [0.2, 0.25) is 0 Å². The zero-order chi connectivity index (χ0) is 14.7. The van der Waals surface area contributed by atoms with Crippen molar-refractivity contribution in [3.63, 3.8) is 0 Å². The summed E-state index contributed by atoms with van der Waals surface area (Å²) in [6, 6.07) is 7.53. The summed E-state index contributed by atoms with van der Waals surface area (Å²) in [5.41, 5.74) is 0.679. The summed E-state index contributed by atoms with van der Waals surface area (Å²) in [7, 11) is 0. The van der Waals surface area contributed by atoms with E-state index in [2.05, 4.69) is 21.2 Å². The molecule has 4 nitrogen and oxygen atoms in total. The van der Waals surface area contributed by atoms with Crippen LogP contribution in [-0.2, 0) is 6.54 Å². The van der Waals surface area contributed by atoms with E-state index in [1.54, 1.807) is 0 Å². The minimum atomic E-state index is -0.520. The molecule has 0 aromatic heterocycles. The molecule has 0 unspecified atom stereocenters. The highest BCUT2D eigenvalue weighted by Gasteiger charge is 2.11. The molecule has 0 radical (unpaired) electrons. The smallest absolute Gasteiger partial charge is 0.283 e. The van der Waals surface area contributed by atoms with Crippen LogP contribution in [0.4, 0.5) is 20.2 Å². The maximum Gasteiger partial charge on any atom is 0.283 e. The largest absolute Gasteiger partial charge is 0.381 e. The molecule has 0 aliphatic heterocycles. The number of hydrogen-bond donors (Lipinski definition) is 1. The first kappa shape index (κ1) is 14.4. The highest BCUT2D eigenvalue weighted by atomic mass is 79.9. The molecule has 2 aromatic rings. The van der Waals surface area contributed by atoms with Gasteiger partial charge in [-0.2, -0.15) is 0 Å². The molecule has 0 amide bonds. The average molecular weight is 343 g/mol. The lowest BCUT2D eigenvalue weighted by Gasteiger charge is -2.08. The molecular weight excluding hydrogens is 334 g/mol. The molecule has 0 heterocycles. The van der Waals surface area contributed by atoms with Crippen molar-refractivity contribution in [2.24, 2.45) is 0 Å². The van der Waals surface area contributed by atoms with Crippen molar-refractivity contribution in [3.8, 4) is 0 Å². The van der Waals surface area contributed by atoms with Crippen molar-refractivity contribution in [2.75, 3.05) is 5.32 Å². The van der Waals surface area contributed by atoms with E-state index in [4.69, 9.17) is 0 Å². The lowest BCUT2D eigenvalue weighted by molar-refractivity contribution is -0.385. The third-order valence-corrected chi connectivity index (χ3v) is 3.27. The Hall–Kier alpha value is -2.02. The molecule has 2 rings (SSSR count). The SMILES string of the molecule is O=[N+]([O-])c1ccc(NCc2cc(F)ccc2F)cc1Br. The van der Waals surface area contributed by atoms with Gasteiger partial charge in [0.25, 0.3) is 5.69 Å². The van der Waals surface area contributed by atoms with Gasteiger partial charge in [-0.25, -0.2) is 8.78 Å². The van der Waals surface area contributed by atoms with E-state index in [1.165, 1.54) is 18.2 Å². The normalized spacial score (nSPS) is 10.3. The average Bonchev–Trinajstić information content (AvgIpc) is 2.39. The van der Waals surface area contributed by atoms with E-state index in [-0.39, 0.29) is 17.8 Å². The maximum atomic E-state index is 13.4. The summed E-state index contributed by atoms with van der Waals surface area (Å²) >= 11 is 3.08. The summed E-state index contributed by atoms with van der Waals surface area (Å²) in [6.07, 6.45) is 0. The number of rotatable bonds is 4. The number of nitrogens with zero attached hydrogens (tertiary/aromatic N) is 1. The molecular formula is C13H9BrF2N2O2. The molecule has 2 aromatic carbocycles. The molecule has 20 heavy (non-hydrogen) atoms. The molecule has 7 heteroatoms. The monoisotopic (exact) mass is 342 g/mol. The third-order valence-electron chi connectivity index (χ3n) is 2.64. The Morgan fingerprint density at radius 2 is 1.95 bits per heavy atom. The van der Waals surface area contributed by atoms with Gasteiger partial charge in [-0.3, -0.25) is 10.1 Å². The van der Waals surface area contributed by atoms with Gasteiger partial charge in [0.2, 0.25) is 0 Å². The Bertz CT molecular complexity index is 665. The van der Waals surface area contributed by atoms with Gasteiger partial charge in [0.05, 0.1) is 9.40 Å². The number of nitro benzene ring substituents is 1. The molecule has 0 atom stereocenters. The minimum absolute atomic E-state index is 0.0625. The quantitative estimate of drug-likeness (QED) is 0.667. The first-order chi connectivity index (χ1) is 9.47. The predicted octanol–water partition coefficient (Wildman–Crippen LogP) is 4.25. The van der Waals surface area contributed by atoms with E-state index in [0.717, 1.165) is 18.2 Å². The van der Waals surface area contributed by atoms with Gasteiger partial charge < -0.3 is 5.32 Å². The molecule has 0 fully saturated rings. The van der Waals surface area contributed by atoms with E-state index in [1.807, 2.05) is 0 Å². The van der Waals surface area contributed by atoms with Crippen LogP contribution < -0.4 is 5.32 Å². The van der Waals surface area contributed by atoms with Crippen LogP contribution in [0, 0.1) is 21.7 Å². The molecule has 0 saturated carbocycles. The van der Waals surface area contributed by atoms with E-state index >= 15 is 0 Å². The van der Waals surface area contributed by atoms with Gasteiger partial charge in [-0.1, -0.05) is 0 Å². The number of anilines is 1. The molecule has 0 aliphatic rings. The topological polar surface area (TPSA) is 55.2 Å². The van der Waals surface area contributed by atoms with Crippen LogP contribution in [0.1, 0.15) is 5.56 Å². The number of hydrogen-bond acceptors (Lipinski definition) is 3.